The molecule has 0 aliphatic carbocycles. The number of fused-ring (bicyclic) bond motifs is 2. The molecule has 164 valence electrons. The number of nitrogens with one attached hydrogen (secondary N) is 2. The largest absolute Gasteiger partial charge is 0.362 e. The molecule has 32 heavy (non-hydrogen) atoms. The number of nitrogens with zero attached hydrogens (tertiary/aromatic N) is 4. The van der Waals surface area contributed by atoms with Gasteiger partial charge in [0, 0.05) is 38.8 Å². The number of thiocarbonyl (C=S) groups is 1. The highest BCUT2D eigenvalue weighted by Gasteiger charge is 2.24. The minimum atomic E-state index is 0.503. The van der Waals surface area contributed by atoms with Gasteiger partial charge in [-0.15, -0.1) is 0 Å². The highest BCUT2D eigenvalue weighted by atomic mass is 32.1. The van der Waals surface area contributed by atoms with E-state index < -0.39 is 0 Å². The van der Waals surface area contributed by atoms with Crippen LogP contribution >= 0.6 is 12.2 Å². The van der Waals surface area contributed by atoms with Gasteiger partial charge in [-0.1, -0.05) is 62.4 Å². The lowest BCUT2D eigenvalue weighted by molar-refractivity contribution is 0.627. The summed E-state index contributed by atoms with van der Waals surface area (Å²) in [5.74, 6) is 2.86. The first-order valence-electron chi connectivity index (χ1n) is 11.1. The first-order chi connectivity index (χ1) is 15.5. The molecule has 0 spiro atoms. The third-order valence-electron chi connectivity index (χ3n) is 5.92. The molecule has 1 aromatic heterocycles. The van der Waals surface area contributed by atoms with Gasteiger partial charge in [-0.3, -0.25) is 0 Å². The van der Waals surface area contributed by atoms with Crippen LogP contribution in [0.4, 0.5) is 17.6 Å². The SMILES string of the molecule is CC(C)CNC(=S)Nc1nc(N2Cc3ccccc3C2)cc(N2Cc3ccccc3C2)n1. The average Bonchev–Trinajstić information content (AvgIpc) is 3.42. The summed E-state index contributed by atoms with van der Waals surface area (Å²) in [6.45, 7) is 8.51. The van der Waals surface area contributed by atoms with Crippen molar-refractivity contribution in [1.29, 1.82) is 0 Å². The zero-order chi connectivity index (χ0) is 22.1. The second kappa shape index (κ2) is 8.74. The number of rotatable bonds is 5. The number of benzene rings is 2. The maximum atomic E-state index is 5.49. The van der Waals surface area contributed by atoms with E-state index >= 15 is 0 Å². The summed E-state index contributed by atoms with van der Waals surface area (Å²) in [5.41, 5.74) is 5.41. The molecular formula is C25H28N6S. The van der Waals surface area contributed by atoms with Crippen LogP contribution in [0.5, 0.6) is 0 Å². The maximum absolute atomic E-state index is 5.49. The molecule has 3 heterocycles. The van der Waals surface area contributed by atoms with Crippen LogP contribution in [-0.2, 0) is 26.2 Å². The van der Waals surface area contributed by atoms with E-state index in [9.17, 15) is 0 Å². The Balaban J connectivity index is 1.42. The molecule has 2 aromatic carbocycles. The predicted octanol–water partition coefficient (Wildman–Crippen LogP) is 4.46. The molecule has 2 aliphatic rings. The predicted molar refractivity (Wildman–Crippen MR) is 134 cm³/mol. The van der Waals surface area contributed by atoms with Gasteiger partial charge in [0.15, 0.2) is 5.11 Å². The van der Waals surface area contributed by atoms with Crippen molar-refractivity contribution in [2.45, 2.75) is 40.0 Å². The van der Waals surface area contributed by atoms with Crippen molar-refractivity contribution < 1.29 is 0 Å². The summed E-state index contributed by atoms with van der Waals surface area (Å²) < 4.78 is 0. The summed E-state index contributed by atoms with van der Waals surface area (Å²) in [4.78, 5) is 14.3. The number of anilines is 3. The molecule has 0 bridgehead atoms. The van der Waals surface area contributed by atoms with Crippen LogP contribution in [0.2, 0.25) is 0 Å². The Morgan fingerprint density at radius 2 is 1.28 bits per heavy atom. The van der Waals surface area contributed by atoms with Gasteiger partial charge < -0.3 is 20.4 Å². The van der Waals surface area contributed by atoms with Crippen LogP contribution in [-0.4, -0.2) is 21.6 Å². The van der Waals surface area contributed by atoms with E-state index in [0.29, 0.717) is 17.0 Å². The Hall–Kier alpha value is -3.19. The van der Waals surface area contributed by atoms with Crippen molar-refractivity contribution in [3.05, 3.63) is 76.9 Å². The molecule has 5 rings (SSSR count). The Bertz CT molecular complexity index is 1020. The lowest BCUT2D eigenvalue weighted by Crippen LogP contribution is -2.32. The Kier molecular flexibility index (Phi) is 5.66. The summed E-state index contributed by atoms with van der Waals surface area (Å²) >= 11 is 5.49. The van der Waals surface area contributed by atoms with Gasteiger partial charge in [-0.2, -0.15) is 9.97 Å². The molecule has 3 aromatic rings. The van der Waals surface area contributed by atoms with E-state index in [-0.39, 0.29) is 0 Å². The normalized spacial score (nSPS) is 14.5. The molecule has 6 nitrogen and oxygen atoms in total. The van der Waals surface area contributed by atoms with Crippen LogP contribution in [0.3, 0.4) is 0 Å². The van der Waals surface area contributed by atoms with E-state index in [0.717, 1.165) is 44.4 Å². The molecular weight excluding hydrogens is 416 g/mol. The first-order valence-corrected chi connectivity index (χ1v) is 11.5. The first kappa shape index (κ1) is 20.7. The van der Waals surface area contributed by atoms with Gasteiger partial charge in [0.2, 0.25) is 5.95 Å². The number of aromatic nitrogens is 2. The van der Waals surface area contributed by atoms with Crippen molar-refractivity contribution in [1.82, 2.24) is 15.3 Å². The van der Waals surface area contributed by atoms with E-state index in [4.69, 9.17) is 22.2 Å². The molecule has 0 fully saturated rings. The highest BCUT2D eigenvalue weighted by Crippen LogP contribution is 2.32. The maximum Gasteiger partial charge on any atom is 0.232 e. The Morgan fingerprint density at radius 3 is 1.69 bits per heavy atom. The smallest absolute Gasteiger partial charge is 0.232 e. The lowest BCUT2D eigenvalue weighted by Gasteiger charge is -2.22. The second-order valence-electron chi connectivity index (χ2n) is 8.89. The molecule has 2 N–H and O–H groups in total. The van der Waals surface area contributed by atoms with Crippen LogP contribution in [0.15, 0.2) is 54.6 Å². The monoisotopic (exact) mass is 444 g/mol. The highest BCUT2D eigenvalue weighted by molar-refractivity contribution is 7.80. The fourth-order valence-electron chi connectivity index (χ4n) is 4.23. The van der Waals surface area contributed by atoms with Crippen molar-refractivity contribution in [3.8, 4) is 0 Å². The van der Waals surface area contributed by atoms with Gasteiger partial charge in [-0.25, -0.2) is 0 Å². The molecule has 0 radical (unpaired) electrons. The quantitative estimate of drug-likeness (QED) is 0.564. The fourth-order valence-corrected chi connectivity index (χ4v) is 4.41. The third-order valence-corrected chi connectivity index (χ3v) is 6.17. The van der Waals surface area contributed by atoms with Crippen molar-refractivity contribution >= 4 is 34.9 Å². The van der Waals surface area contributed by atoms with E-state index in [1.54, 1.807) is 0 Å². The summed E-state index contributed by atoms with van der Waals surface area (Å²) in [5, 5.41) is 7.01. The number of hydrogen-bond acceptors (Lipinski definition) is 5. The summed E-state index contributed by atoms with van der Waals surface area (Å²) in [6.07, 6.45) is 0. The molecule has 2 aliphatic heterocycles. The minimum absolute atomic E-state index is 0.503. The van der Waals surface area contributed by atoms with Crippen molar-refractivity contribution in [2.24, 2.45) is 5.92 Å². The van der Waals surface area contributed by atoms with Crippen molar-refractivity contribution in [2.75, 3.05) is 21.7 Å². The van der Waals surface area contributed by atoms with Crippen LogP contribution in [0.1, 0.15) is 36.1 Å². The van der Waals surface area contributed by atoms with Crippen LogP contribution < -0.4 is 20.4 Å². The Labute approximate surface area is 194 Å². The third kappa shape index (κ3) is 4.39. The van der Waals surface area contributed by atoms with E-state index in [2.05, 4.69) is 88.9 Å². The fraction of sp³-hybridized carbons (Fsp3) is 0.320. The van der Waals surface area contributed by atoms with Gasteiger partial charge in [0.1, 0.15) is 11.6 Å². The zero-order valence-electron chi connectivity index (χ0n) is 18.5. The van der Waals surface area contributed by atoms with Gasteiger partial charge in [-0.05, 0) is 40.4 Å². The molecule has 7 heteroatoms. The van der Waals surface area contributed by atoms with Crippen LogP contribution in [0, 0.1) is 5.92 Å². The average molecular weight is 445 g/mol. The number of hydrogen-bond donors (Lipinski definition) is 2. The Morgan fingerprint density at radius 1 is 0.844 bits per heavy atom. The molecule has 0 unspecified atom stereocenters. The van der Waals surface area contributed by atoms with Gasteiger partial charge in [0.05, 0.1) is 0 Å². The molecule has 0 amide bonds. The molecule has 0 saturated heterocycles. The summed E-state index contributed by atoms with van der Waals surface area (Å²) in [7, 11) is 0. The van der Waals surface area contributed by atoms with E-state index in [1.807, 2.05) is 0 Å². The topological polar surface area (TPSA) is 56.3 Å². The minimum Gasteiger partial charge on any atom is -0.362 e. The van der Waals surface area contributed by atoms with Gasteiger partial charge >= 0.3 is 0 Å². The van der Waals surface area contributed by atoms with Gasteiger partial charge in [0.25, 0.3) is 0 Å². The lowest BCUT2D eigenvalue weighted by atomic mass is 10.1. The summed E-state index contributed by atoms with van der Waals surface area (Å²) in [6, 6.07) is 19.3. The van der Waals surface area contributed by atoms with Crippen LogP contribution in [0.25, 0.3) is 0 Å². The molecule has 0 atom stereocenters. The molecule has 0 saturated carbocycles. The van der Waals surface area contributed by atoms with Crippen molar-refractivity contribution in [3.63, 3.8) is 0 Å². The second-order valence-corrected chi connectivity index (χ2v) is 9.29. The standard InChI is InChI=1S/C25H28N6S/c1-17(2)12-26-25(32)29-24-27-22(30-13-18-7-3-4-8-19(18)14-30)11-23(28-24)31-15-20-9-5-6-10-21(20)16-31/h3-11,17H,12-16H2,1-2H3,(H2,26,27,28,29,32). The zero-order valence-corrected chi connectivity index (χ0v) is 19.3. The van der Waals surface area contributed by atoms with E-state index in [1.165, 1.54) is 22.3 Å².